The summed E-state index contributed by atoms with van der Waals surface area (Å²) in [6.45, 7) is 4.33. The second kappa shape index (κ2) is 4.95. The molecule has 1 heterocycles. The van der Waals surface area contributed by atoms with E-state index in [9.17, 15) is 4.79 Å². The summed E-state index contributed by atoms with van der Waals surface area (Å²) in [5.74, 6) is -0.307. The zero-order chi connectivity index (χ0) is 10.6. The third-order valence-electron chi connectivity index (χ3n) is 1.67. The first-order chi connectivity index (χ1) is 6.69. The van der Waals surface area contributed by atoms with Gasteiger partial charge in [0.05, 0.1) is 12.3 Å². The Hall–Kier alpha value is -1.10. The normalized spacial score (nSPS) is 10.1. The summed E-state index contributed by atoms with van der Waals surface area (Å²) in [6, 6.07) is 0. The van der Waals surface area contributed by atoms with Crippen molar-refractivity contribution in [3.8, 4) is 0 Å². The molecule has 0 aliphatic carbocycles. The summed E-state index contributed by atoms with van der Waals surface area (Å²) in [5.41, 5.74) is 6.25. The number of thiazole rings is 1. The van der Waals surface area contributed by atoms with Gasteiger partial charge in [-0.1, -0.05) is 25.2 Å². The highest BCUT2D eigenvalue weighted by molar-refractivity contribution is 7.17. The fraction of sp³-hybridized carbons (Fsp3) is 0.556. The van der Waals surface area contributed by atoms with Gasteiger partial charge in [0.2, 0.25) is 0 Å². The zero-order valence-electron chi connectivity index (χ0n) is 8.37. The first kappa shape index (κ1) is 11.0. The third-order valence-corrected chi connectivity index (χ3v) is 2.58. The van der Waals surface area contributed by atoms with Gasteiger partial charge in [-0.15, -0.1) is 0 Å². The van der Waals surface area contributed by atoms with Crippen LogP contribution in [0.15, 0.2) is 0 Å². The van der Waals surface area contributed by atoms with Gasteiger partial charge in [-0.3, -0.25) is 0 Å². The van der Waals surface area contributed by atoms with Gasteiger partial charge >= 0.3 is 5.97 Å². The van der Waals surface area contributed by atoms with Crippen LogP contribution in [0.1, 0.15) is 35.6 Å². The minimum absolute atomic E-state index is 0.307. The molecule has 2 N–H and O–H groups in total. The van der Waals surface area contributed by atoms with Crippen LogP contribution in [0.2, 0.25) is 0 Å². The highest BCUT2D eigenvalue weighted by atomic mass is 32.1. The van der Waals surface area contributed by atoms with E-state index >= 15 is 0 Å². The second-order valence-electron chi connectivity index (χ2n) is 2.82. The second-order valence-corrected chi connectivity index (χ2v) is 3.85. The van der Waals surface area contributed by atoms with Crippen LogP contribution in [0.3, 0.4) is 0 Å². The molecule has 1 rings (SSSR count). The molecule has 4 nitrogen and oxygen atoms in total. The van der Waals surface area contributed by atoms with Gasteiger partial charge in [0.15, 0.2) is 5.13 Å². The van der Waals surface area contributed by atoms with Gasteiger partial charge in [-0.2, -0.15) is 0 Å². The van der Waals surface area contributed by atoms with Gasteiger partial charge in [0.1, 0.15) is 4.88 Å². The SMILES string of the molecule is CCCOC(=O)c1sc(N)nc1CC. The number of ether oxygens (including phenoxy) is 1. The Morgan fingerprint density at radius 2 is 2.29 bits per heavy atom. The summed E-state index contributed by atoms with van der Waals surface area (Å²) >= 11 is 1.19. The van der Waals surface area contributed by atoms with Crippen molar-refractivity contribution in [2.75, 3.05) is 12.3 Å². The van der Waals surface area contributed by atoms with E-state index in [1.165, 1.54) is 11.3 Å². The molecule has 5 heteroatoms. The highest BCUT2D eigenvalue weighted by Crippen LogP contribution is 2.21. The topological polar surface area (TPSA) is 65.2 Å². The quantitative estimate of drug-likeness (QED) is 0.777. The number of carbonyl (C=O) groups is 1. The predicted octanol–water partition coefficient (Wildman–Crippen LogP) is 1.85. The fourth-order valence-electron chi connectivity index (χ4n) is 1.03. The van der Waals surface area contributed by atoms with E-state index in [-0.39, 0.29) is 5.97 Å². The Morgan fingerprint density at radius 1 is 1.57 bits per heavy atom. The van der Waals surface area contributed by atoms with Crippen LogP contribution in [0.5, 0.6) is 0 Å². The van der Waals surface area contributed by atoms with Crippen molar-refractivity contribution in [1.29, 1.82) is 0 Å². The number of nitrogens with two attached hydrogens (primary N) is 1. The molecule has 0 aliphatic rings. The summed E-state index contributed by atoms with van der Waals surface area (Å²) in [7, 11) is 0. The molecule has 0 unspecified atom stereocenters. The van der Waals surface area contributed by atoms with E-state index < -0.39 is 0 Å². The lowest BCUT2D eigenvalue weighted by Gasteiger charge is -2.00. The Bertz CT molecular complexity index is 323. The maximum absolute atomic E-state index is 11.5. The molecule has 0 saturated carbocycles. The minimum atomic E-state index is -0.307. The lowest BCUT2D eigenvalue weighted by Crippen LogP contribution is -2.06. The molecular weight excluding hydrogens is 200 g/mol. The smallest absolute Gasteiger partial charge is 0.350 e. The van der Waals surface area contributed by atoms with Gasteiger partial charge < -0.3 is 10.5 Å². The molecule has 0 bridgehead atoms. The van der Waals surface area contributed by atoms with Crippen LogP contribution >= 0.6 is 11.3 Å². The molecule has 0 fully saturated rings. The number of nitrogens with zero attached hydrogens (tertiary/aromatic N) is 1. The molecule has 1 aromatic rings. The maximum atomic E-state index is 11.5. The Balaban J connectivity index is 2.77. The molecule has 0 aromatic carbocycles. The maximum Gasteiger partial charge on any atom is 0.350 e. The van der Waals surface area contributed by atoms with Crippen LogP contribution in [-0.2, 0) is 11.2 Å². The number of rotatable bonds is 4. The van der Waals surface area contributed by atoms with Crippen molar-refractivity contribution < 1.29 is 9.53 Å². The standard InChI is InChI=1S/C9H14N2O2S/c1-3-5-13-8(12)7-6(4-2)11-9(10)14-7/h3-5H2,1-2H3,(H2,10,11). The minimum Gasteiger partial charge on any atom is -0.461 e. The van der Waals surface area contributed by atoms with Crippen molar-refractivity contribution >= 4 is 22.4 Å². The summed E-state index contributed by atoms with van der Waals surface area (Å²) in [5, 5.41) is 0.422. The van der Waals surface area contributed by atoms with Gasteiger partial charge in [-0.25, -0.2) is 9.78 Å². The first-order valence-electron chi connectivity index (χ1n) is 4.61. The number of aryl methyl sites for hydroxylation is 1. The Labute approximate surface area is 87.1 Å². The monoisotopic (exact) mass is 214 g/mol. The molecule has 78 valence electrons. The van der Waals surface area contributed by atoms with E-state index in [1.807, 2.05) is 13.8 Å². The number of hydrogen-bond donors (Lipinski definition) is 1. The summed E-state index contributed by atoms with van der Waals surface area (Å²) < 4.78 is 5.01. The molecule has 0 amide bonds. The predicted molar refractivity (Wildman–Crippen MR) is 56.5 cm³/mol. The largest absolute Gasteiger partial charge is 0.461 e. The number of carbonyl (C=O) groups excluding carboxylic acids is 1. The van der Waals surface area contributed by atoms with E-state index in [2.05, 4.69) is 4.98 Å². The van der Waals surface area contributed by atoms with E-state index in [0.717, 1.165) is 12.1 Å². The van der Waals surface area contributed by atoms with Crippen LogP contribution in [0.4, 0.5) is 5.13 Å². The molecule has 0 radical (unpaired) electrons. The van der Waals surface area contributed by atoms with Crippen LogP contribution in [0, 0.1) is 0 Å². The fourth-order valence-corrected chi connectivity index (χ4v) is 1.84. The molecule has 0 spiro atoms. The number of esters is 1. The van der Waals surface area contributed by atoms with Crippen molar-refractivity contribution in [3.05, 3.63) is 10.6 Å². The molecule has 0 atom stereocenters. The lowest BCUT2D eigenvalue weighted by atomic mass is 10.3. The van der Waals surface area contributed by atoms with E-state index in [4.69, 9.17) is 10.5 Å². The van der Waals surface area contributed by atoms with Crippen molar-refractivity contribution in [1.82, 2.24) is 4.98 Å². The third kappa shape index (κ3) is 2.45. The van der Waals surface area contributed by atoms with Crippen molar-refractivity contribution in [3.63, 3.8) is 0 Å². The van der Waals surface area contributed by atoms with E-state index in [0.29, 0.717) is 23.0 Å². The first-order valence-corrected chi connectivity index (χ1v) is 5.43. The number of aromatic nitrogens is 1. The van der Waals surface area contributed by atoms with Crippen LogP contribution in [0.25, 0.3) is 0 Å². The van der Waals surface area contributed by atoms with Gasteiger partial charge in [0, 0.05) is 0 Å². The van der Waals surface area contributed by atoms with Crippen molar-refractivity contribution in [2.24, 2.45) is 0 Å². The number of nitrogen functional groups attached to an aromatic ring is 1. The highest BCUT2D eigenvalue weighted by Gasteiger charge is 2.16. The average molecular weight is 214 g/mol. The molecular formula is C9H14N2O2S. The summed E-state index contributed by atoms with van der Waals surface area (Å²) in [4.78, 5) is 16.1. The number of hydrogen-bond acceptors (Lipinski definition) is 5. The molecule has 14 heavy (non-hydrogen) atoms. The molecule has 0 saturated heterocycles. The zero-order valence-corrected chi connectivity index (χ0v) is 9.19. The Morgan fingerprint density at radius 3 is 2.86 bits per heavy atom. The molecule has 1 aromatic heterocycles. The van der Waals surface area contributed by atoms with Gasteiger partial charge in [0.25, 0.3) is 0 Å². The summed E-state index contributed by atoms with van der Waals surface area (Å²) in [6.07, 6.45) is 1.52. The average Bonchev–Trinajstić information content (AvgIpc) is 2.56. The Kier molecular flexibility index (Phi) is 3.88. The molecule has 0 aliphatic heterocycles. The van der Waals surface area contributed by atoms with E-state index in [1.54, 1.807) is 0 Å². The van der Waals surface area contributed by atoms with Crippen LogP contribution < -0.4 is 5.73 Å². The number of anilines is 1. The van der Waals surface area contributed by atoms with Crippen LogP contribution in [-0.4, -0.2) is 17.6 Å². The van der Waals surface area contributed by atoms with Gasteiger partial charge in [-0.05, 0) is 12.8 Å². The van der Waals surface area contributed by atoms with Crippen molar-refractivity contribution in [2.45, 2.75) is 26.7 Å². The lowest BCUT2D eigenvalue weighted by molar-refractivity contribution is 0.0509.